The number of carbonyl (C=O) groups excluding carboxylic acids is 2. The number of nitrogens with one attached hydrogen (secondary N) is 1. The molecule has 0 aliphatic rings. The van der Waals surface area contributed by atoms with Crippen LogP contribution in [0, 0.1) is 6.92 Å². The van der Waals surface area contributed by atoms with Crippen LogP contribution in [0.5, 0.6) is 0 Å². The number of aryl methyl sites for hydroxylation is 1. The first-order chi connectivity index (χ1) is 17.4. The number of methoxy groups -OCH3 is 1. The predicted octanol–water partition coefficient (Wildman–Crippen LogP) is 2.95. The van der Waals surface area contributed by atoms with Crippen LogP contribution in [0.4, 0.5) is 5.69 Å². The van der Waals surface area contributed by atoms with Crippen LogP contribution < -0.4 is 11.0 Å². The molecule has 11 nitrogen and oxygen atoms in total. The topological polar surface area (TPSA) is 134 Å². The van der Waals surface area contributed by atoms with Crippen molar-refractivity contribution in [2.24, 2.45) is 0 Å². The van der Waals surface area contributed by atoms with Crippen molar-refractivity contribution >= 4 is 23.2 Å². The van der Waals surface area contributed by atoms with E-state index in [9.17, 15) is 14.4 Å². The van der Waals surface area contributed by atoms with Crippen molar-refractivity contribution in [3.05, 3.63) is 88.5 Å². The normalized spacial score (nSPS) is 10.9. The van der Waals surface area contributed by atoms with Crippen molar-refractivity contribution in [3.8, 4) is 22.8 Å². The molecule has 5 rings (SSSR count). The molecule has 3 aromatic heterocycles. The van der Waals surface area contributed by atoms with Crippen molar-refractivity contribution in [1.29, 1.82) is 0 Å². The van der Waals surface area contributed by atoms with Gasteiger partial charge in [0.25, 0.3) is 5.89 Å². The van der Waals surface area contributed by atoms with Gasteiger partial charge in [-0.1, -0.05) is 35.0 Å². The summed E-state index contributed by atoms with van der Waals surface area (Å²) in [4.78, 5) is 41.5. The van der Waals surface area contributed by atoms with Crippen molar-refractivity contribution in [1.82, 2.24) is 24.3 Å². The summed E-state index contributed by atoms with van der Waals surface area (Å²) in [5.41, 5.74) is 2.95. The number of hydrogen-bond acceptors (Lipinski definition) is 8. The van der Waals surface area contributed by atoms with Crippen molar-refractivity contribution < 1.29 is 18.8 Å². The third-order valence-corrected chi connectivity index (χ3v) is 5.46. The van der Waals surface area contributed by atoms with Crippen LogP contribution in [-0.2, 0) is 16.1 Å². The van der Waals surface area contributed by atoms with Crippen molar-refractivity contribution in [3.63, 3.8) is 0 Å². The molecular weight excluding hydrogens is 464 g/mol. The second kappa shape index (κ2) is 9.29. The van der Waals surface area contributed by atoms with Gasteiger partial charge in [0.05, 0.1) is 18.2 Å². The largest absolute Gasteiger partial charge is 0.465 e. The van der Waals surface area contributed by atoms with Crippen LogP contribution in [0.3, 0.4) is 0 Å². The van der Waals surface area contributed by atoms with Gasteiger partial charge in [0.1, 0.15) is 6.54 Å². The lowest BCUT2D eigenvalue weighted by atomic mass is 10.1. The van der Waals surface area contributed by atoms with Crippen LogP contribution >= 0.6 is 0 Å². The van der Waals surface area contributed by atoms with E-state index in [0.717, 1.165) is 15.8 Å². The lowest BCUT2D eigenvalue weighted by Crippen LogP contribution is -2.28. The van der Waals surface area contributed by atoms with Crippen LogP contribution in [0.25, 0.3) is 28.5 Å². The molecule has 36 heavy (non-hydrogen) atoms. The van der Waals surface area contributed by atoms with Gasteiger partial charge in [-0.3, -0.25) is 4.79 Å². The van der Waals surface area contributed by atoms with Crippen LogP contribution in [0.1, 0.15) is 15.9 Å². The Morgan fingerprint density at radius 2 is 1.81 bits per heavy atom. The molecular formula is C25H20N6O5. The Labute approximate surface area is 203 Å². The number of ether oxygens (including phenoxy) is 1. The number of anilines is 1. The Balaban J connectivity index is 1.38. The molecule has 0 aliphatic heterocycles. The maximum Gasteiger partial charge on any atom is 0.350 e. The van der Waals surface area contributed by atoms with Gasteiger partial charge in [-0.25, -0.2) is 18.7 Å². The second-order valence-corrected chi connectivity index (χ2v) is 7.96. The second-order valence-electron chi connectivity index (χ2n) is 7.96. The minimum Gasteiger partial charge on any atom is -0.465 e. The van der Waals surface area contributed by atoms with Crippen LogP contribution in [0.2, 0.25) is 0 Å². The lowest BCUT2D eigenvalue weighted by Gasteiger charge is -2.05. The molecule has 11 heteroatoms. The monoisotopic (exact) mass is 484 g/mol. The minimum absolute atomic E-state index is 0.198. The Morgan fingerprint density at radius 1 is 1.06 bits per heavy atom. The summed E-state index contributed by atoms with van der Waals surface area (Å²) in [7, 11) is 1.29. The van der Waals surface area contributed by atoms with Gasteiger partial charge in [-0.2, -0.15) is 4.98 Å². The summed E-state index contributed by atoms with van der Waals surface area (Å²) >= 11 is 0. The molecule has 0 unspecified atom stereocenters. The van der Waals surface area contributed by atoms with E-state index in [1.165, 1.54) is 23.6 Å². The van der Waals surface area contributed by atoms with Gasteiger partial charge >= 0.3 is 11.7 Å². The molecule has 0 bridgehead atoms. The molecule has 0 saturated heterocycles. The third kappa shape index (κ3) is 4.37. The average Bonchev–Trinajstić information content (AvgIpc) is 3.50. The van der Waals surface area contributed by atoms with Crippen LogP contribution in [0.15, 0.2) is 76.2 Å². The number of benzene rings is 2. The van der Waals surface area contributed by atoms with E-state index in [1.807, 2.05) is 31.2 Å². The van der Waals surface area contributed by atoms with Crippen LogP contribution in [-0.4, -0.2) is 43.3 Å². The molecule has 3 heterocycles. The first-order valence-corrected chi connectivity index (χ1v) is 10.9. The minimum atomic E-state index is -0.499. The Hall–Kier alpha value is -5.06. The third-order valence-electron chi connectivity index (χ3n) is 5.46. The number of amides is 1. The fourth-order valence-electron chi connectivity index (χ4n) is 3.60. The summed E-state index contributed by atoms with van der Waals surface area (Å²) in [5, 5.41) is 11.1. The van der Waals surface area contributed by atoms with Crippen molar-refractivity contribution in [2.75, 3.05) is 12.4 Å². The Bertz CT molecular complexity index is 1630. The van der Waals surface area contributed by atoms with Crippen molar-refractivity contribution in [2.45, 2.75) is 13.5 Å². The van der Waals surface area contributed by atoms with Gasteiger partial charge in [0, 0.05) is 17.4 Å². The number of esters is 1. The highest BCUT2D eigenvalue weighted by Gasteiger charge is 2.19. The molecule has 5 aromatic rings. The fraction of sp³-hybridized carbons (Fsp3) is 0.120. The SMILES string of the molecule is COC(=O)c1ccc(NC(=O)Cn2nc3c(-c4nc(-c5ccc(C)cc5)no4)cccn3c2=O)cc1. The molecule has 0 fully saturated rings. The molecule has 0 radical (unpaired) electrons. The zero-order valence-electron chi connectivity index (χ0n) is 19.3. The van der Waals surface area contributed by atoms with E-state index in [1.54, 1.807) is 30.5 Å². The first kappa shape index (κ1) is 22.7. The smallest absolute Gasteiger partial charge is 0.350 e. The average molecular weight is 484 g/mol. The van der Waals surface area contributed by atoms with Gasteiger partial charge in [0.2, 0.25) is 11.7 Å². The van der Waals surface area contributed by atoms with Gasteiger partial charge in [0.15, 0.2) is 5.65 Å². The molecule has 180 valence electrons. The Kier molecular flexibility index (Phi) is 5.87. The lowest BCUT2D eigenvalue weighted by molar-refractivity contribution is -0.117. The highest BCUT2D eigenvalue weighted by molar-refractivity contribution is 5.93. The van der Waals surface area contributed by atoms with E-state index in [-0.39, 0.29) is 18.1 Å². The summed E-state index contributed by atoms with van der Waals surface area (Å²) in [6.07, 6.45) is 1.55. The molecule has 0 spiro atoms. The predicted molar refractivity (Wildman–Crippen MR) is 129 cm³/mol. The zero-order valence-corrected chi connectivity index (χ0v) is 19.3. The number of aromatic nitrogens is 5. The van der Waals surface area contributed by atoms with E-state index in [0.29, 0.717) is 22.6 Å². The van der Waals surface area contributed by atoms with Gasteiger partial charge in [-0.15, -0.1) is 5.10 Å². The van der Waals surface area contributed by atoms with Gasteiger partial charge in [-0.05, 0) is 43.3 Å². The number of rotatable bonds is 6. The molecule has 0 aliphatic carbocycles. The van der Waals surface area contributed by atoms with Gasteiger partial charge < -0.3 is 14.6 Å². The molecule has 1 amide bonds. The molecule has 1 N–H and O–H groups in total. The number of nitrogens with zero attached hydrogens (tertiary/aromatic N) is 5. The molecule has 2 aromatic carbocycles. The molecule has 0 saturated carbocycles. The highest BCUT2D eigenvalue weighted by atomic mass is 16.5. The maximum absolute atomic E-state index is 12.9. The number of pyridine rings is 1. The fourth-order valence-corrected chi connectivity index (χ4v) is 3.60. The first-order valence-electron chi connectivity index (χ1n) is 10.9. The van der Waals surface area contributed by atoms with E-state index < -0.39 is 17.6 Å². The summed E-state index contributed by atoms with van der Waals surface area (Å²) in [5.74, 6) is -0.339. The maximum atomic E-state index is 12.9. The number of hydrogen-bond donors (Lipinski definition) is 1. The van der Waals surface area contributed by atoms with E-state index in [4.69, 9.17) is 4.52 Å². The number of carbonyl (C=O) groups is 2. The standard InChI is InChI=1S/C25H20N6O5/c1-15-5-7-16(8-6-15)21-27-23(36-29-21)19-4-3-13-30-22(19)28-31(25(30)34)14-20(32)26-18-11-9-17(10-12-18)24(33)35-2/h3-13H,14H2,1-2H3,(H,26,32). The van der Waals surface area contributed by atoms with E-state index in [2.05, 4.69) is 25.3 Å². The quantitative estimate of drug-likeness (QED) is 0.364. The zero-order chi connectivity index (χ0) is 25.2. The molecule has 0 atom stereocenters. The summed E-state index contributed by atoms with van der Waals surface area (Å²) in [6, 6.07) is 17.2. The Morgan fingerprint density at radius 3 is 2.53 bits per heavy atom. The highest BCUT2D eigenvalue weighted by Crippen LogP contribution is 2.24. The summed E-state index contributed by atoms with van der Waals surface area (Å²) < 4.78 is 12.5. The van der Waals surface area contributed by atoms with E-state index >= 15 is 0 Å². The number of fused-ring (bicyclic) bond motifs is 1. The summed E-state index contributed by atoms with van der Waals surface area (Å²) in [6.45, 7) is 1.67.